The fourth-order valence-electron chi connectivity index (χ4n) is 2.18. The van der Waals surface area contributed by atoms with Gasteiger partial charge in [0.25, 0.3) is 0 Å². The third kappa shape index (κ3) is 2.92. The number of carbonyl (C=O) groups excluding carboxylic acids is 1. The van der Waals surface area contributed by atoms with Gasteiger partial charge in [0.2, 0.25) is 5.91 Å². The summed E-state index contributed by atoms with van der Waals surface area (Å²) in [6, 6.07) is 0.898. The number of halogens is 4. The van der Waals surface area contributed by atoms with Gasteiger partial charge in [0.15, 0.2) is 17.5 Å². The summed E-state index contributed by atoms with van der Waals surface area (Å²) in [4.78, 5) is 12.8. The van der Waals surface area contributed by atoms with Crippen molar-refractivity contribution in [1.82, 2.24) is 4.90 Å². The molecule has 0 bridgehead atoms. The van der Waals surface area contributed by atoms with Crippen LogP contribution < -0.4 is 5.73 Å². The number of likely N-dealkylation sites (tertiary alicyclic amines) is 1. The molecule has 0 aromatic heterocycles. The van der Waals surface area contributed by atoms with E-state index >= 15 is 0 Å². The Morgan fingerprint density at radius 2 is 2.11 bits per heavy atom. The van der Waals surface area contributed by atoms with E-state index in [9.17, 15) is 18.0 Å². The molecule has 3 nitrogen and oxygen atoms in total. The number of carbonyl (C=O) groups is 1. The molecule has 104 valence electrons. The Balaban J connectivity index is 2.17. The molecule has 2 N–H and O–H groups in total. The molecule has 19 heavy (non-hydrogen) atoms. The summed E-state index contributed by atoms with van der Waals surface area (Å²) in [6.45, 7) is 1.08. The van der Waals surface area contributed by atoms with Gasteiger partial charge in [-0.05, 0) is 19.0 Å². The zero-order valence-corrected chi connectivity index (χ0v) is 11.5. The van der Waals surface area contributed by atoms with E-state index < -0.39 is 23.4 Å². The minimum absolute atomic E-state index is 0.0454. The lowest BCUT2D eigenvalue weighted by atomic mass is 10.1. The maximum atomic E-state index is 13.7. The van der Waals surface area contributed by atoms with E-state index in [4.69, 9.17) is 5.73 Å². The van der Waals surface area contributed by atoms with Crippen LogP contribution in [0, 0.1) is 23.4 Å². The Labute approximate surface area is 116 Å². The second kappa shape index (κ2) is 5.50. The number of hydrogen-bond donors (Lipinski definition) is 1. The summed E-state index contributed by atoms with van der Waals surface area (Å²) in [5.74, 6) is -4.58. The van der Waals surface area contributed by atoms with Gasteiger partial charge >= 0.3 is 0 Å². The Bertz CT molecular complexity index is 524. The van der Waals surface area contributed by atoms with E-state index in [-0.39, 0.29) is 22.5 Å². The number of nitrogens with zero attached hydrogens (tertiary/aromatic N) is 1. The van der Waals surface area contributed by atoms with Crippen LogP contribution in [0.1, 0.15) is 12.0 Å². The monoisotopic (exact) mass is 336 g/mol. The molecule has 1 fully saturated rings. The van der Waals surface area contributed by atoms with Crippen molar-refractivity contribution in [3.05, 3.63) is 33.6 Å². The molecule has 7 heteroatoms. The summed E-state index contributed by atoms with van der Waals surface area (Å²) in [7, 11) is 0. The van der Waals surface area contributed by atoms with E-state index in [1.165, 1.54) is 0 Å². The Hall–Kier alpha value is -1.08. The second-order valence-electron chi connectivity index (χ2n) is 4.57. The lowest BCUT2D eigenvalue weighted by Crippen LogP contribution is -2.27. The summed E-state index contributed by atoms with van der Waals surface area (Å²) < 4.78 is 40.0. The summed E-state index contributed by atoms with van der Waals surface area (Å²) in [6.07, 6.45) is 0.595. The Morgan fingerprint density at radius 1 is 1.42 bits per heavy atom. The van der Waals surface area contributed by atoms with Crippen LogP contribution in [0.2, 0.25) is 0 Å². The average Bonchev–Trinajstić information content (AvgIpc) is 2.81. The fraction of sp³-hybridized carbons (Fsp3) is 0.417. The normalized spacial score (nSPS) is 19.9. The smallest absolute Gasteiger partial charge is 0.221 e. The predicted octanol–water partition coefficient (Wildman–Crippen LogP) is 2.17. The molecule has 0 radical (unpaired) electrons. The number of nitrogens with two attached hydrogens (primary N) is 1. The molecule has 1 atom stereocenters. The third-order valence-electron chi connectivity index (χ3n) is 3.27. The van der Waals surface area contributed by atoms with E-state index in [1.807, 2.05) is 0 Å². The molecule has 1 aliphatic rings. The summed E-state index contributed by atoms with van der Waals surface area (Å²) in [5, 5.41) is 0. The highest BCUT2D eigenvalue weighted by atomic mass is 79.9. The van der Waals surface area contributed by atoms with Crippen LogP contribution in [0.4, 0.5) is 13.2 Å². The summed E-state index contributed by atoms with van der Waals surface area (Å²) >= 11 is 3.02. The van der Waals surface area contributed by atoms with Crippen molar-refractivity contribution in [1.29, 1.82) is 0 Å². The zero-order valence-electron chi connectivity index (χ0n) is 9.93. The van der Waals surface area contributed by atoms with Crippen LogP contribution in [0.3, 0.4) is 0 Å². The molecule has 0 aliphatic carbocycles. The van der Waals surface area contributed by atoms with E-state index in [2.05, 4.69) is 15.9 Å². The highest BCUT2D eigenvalue weighted by Crippen LogP contribution is 2.27. The van der Waals surface area contributed by atoms with E-state index in [0.29, 0.717) is 19.5 Å². The van der Waals surface area contributed by atoms with Crippen molar-refractivity contribution < 1.29 is 18.0 Å². The largest absolute Gasteiger partial charge is 0.369 e. The lowest BCUT2D eigenvalue weighted by molar-refractivity contribution is -0.121. The first kappa shape index (κ1) is 14.3. The molecule has 1 aromatic carbocycles. The quantitative estimate of drug-likeness (QED) is 0.679. The minimum Gasteiger partial charge on any atom is -0.369 e. The standard InChI is InChI=1S/C12H12BrF3N2O/c13-8-3-9(14)11(16)10(15)7(8)5-18-2-1-6(4-18)12(17)19/h3,6H,1-2,4-5H2,(H2,17,19)/t6-/m1/s1. The Kier molecular flexibility index (Phi) is 4.15. The topological polar surface area (TPSA) is 46.3 Å². The van der Waals surface area contributed by atoms with Gasteiger partial charge in [-0.3, -0.25) is 9.69 Å². The molecular weight excluding hydrogens is 325 g/mol. The van der Waals surface area contributed by atoms with E-state index in [0.717, 1.165) is 6.07 Å². The second-order valence-corrected chi connectivity index (χ2v) is 5.42. The van der Waals surface area contributed by atoms with Crippen LogP contribution >= 0.6 is 15.9 Å². The highest BCUT2D eigenvalue weighted by Gasteiger charge is 2.28. The number of amides is 1. The highest BCUT2D eigenvalue weighted by molar-refractivity contribution is 9.10. The predicted molar refractivity (Wildman–Crippen MR) is 66.6 cm³/mol. The molecule has 1 saturated heterocycles. The average molecular weight is 337 g/mol. The molecule has 0 spiro atoms. The lowest BCUT2D eigenvalue weighted by Gasteiger charge is -2.17. The maximum absolute atomic E-state index is 13.7. The van der Waals surface area contributed by atoms with Gasteiger partial charge in [-0.25, -0.2) is 13.2 Å². The van der Waals surface area contributed by atoms with Crippen molar-refractivity contribution in [2.75, 3.05) is 13.1 Å². The van der Waals surface area contributed by atoms with Crippen LogP contribution in [-0.4, -0.2) is 23.9 Å². The number of primary amides is 1. The van der Waals surface area contributed by atoms with Gasteiger partial charge in [0.05, 0.1) is 5.92 Å². The van der Waals surface area contributed by atoms with Gasteiger partial charge in [-0.2, -0.15) is 0 Å². The number of benzene rings is 1. The fourth-order valence-corrected chi connectivity index (χ4v) is 2.68. The van der Waals surface area contributed by atoms with Gasteiger partial charge in [0.1, 0.15) is 0 Å². The molecule has 2 rings (SSSR count). The molecule has 0 unspecified atom stereocenters. The third-order valence-corrected chi connectivity index (χ3v) is 3.97. The van der Waals surface area contributed by atoms with Crippen LogP contribution in [0.15, 0.2) is 10.5 Å². The summed E-state index contributed by atoms with van der Waals surface area (Å²) in [5.41, 5.74) is 5.24. The molecular formula is C12H12BrF3N2O. The van der Waals surface area contributed by atoms with Crippen molar-refractivity contribution in [2.24, 2.45) is 11.7 Å². The SMILES string of the molecule is NC(=O)[C@@H]1CCN(Cc2c(Br)cc(F)c(F)c2F)C1. The van der Waals surface area contributed by atoms with Crippen LogP contribution in [0.5, 0.6) is 0 Å². The molecule has 0 saturated carbocycles. The van der Waals surface area contributed by atoms with E-state index in [1.54, 1.807) is 4.90 Å². The van der Waals surface area contributed by atoms with Crippen LogP contribution in [0.25, 0.3) is 0 Å². The first-order valence-electron chi connectivity index (χ1n) is 5.73. The van der Waals surface area contributed by atoms with Gasteiger partial charge in [-0.1, -0.05) is 15.9 Å². The Morgan fingerprint density at radius 3 is 2.68 bits per heavy atom. The van der Waals surface area contributed by atoms with Gasteiger partial charge in [0, 0.05) is 23.1 Å². The number of hydrogen-bond acceptors (Lipinski definition) is 2. The first-order valence-corrected chi connectivity index (χ1v) is 6.53. The minimum atomic E-state index is -1.48. The number of rotatable bonds is 3. The molecule has 1 amide bonds. The first-order chi connectivity index (χ1) is 8.90. The zero-order chi connectivity index (χ0) is 14.2. The van der Waals surface area contributed by atoms with Crippen molar-refractivity contribution in [2.45, 2.75) is 13.0 Å². The van der Waals surface area contributed by atoms with Crippen molar-refractivity contribution >= 4 is 21.8 Å². The molecule has 1 heterocycles. The van der Waals surface area contributed by atoms with Crippen molar-refractivity contribution in [3.8, 4) is 0 Å². The van der Waals surface area contributed by atoms with Gasteiger partial charge in [-0.15, -0.1) is 0 Å². The van der Waals surface area contributed by atoms with Crippen molar-refractivity contribution in [3.63, 3.8) is 0 Å². The molecule has 1 aromatic rings. The van der Waals surface area contributed by atoms with Gasteiger partial charge < -0.3 is 5.73 Å². The molecule has 1 aliphatic heterocycles. The van der Waals surface area contributed by atoms with Crippen LogP contribution in [-0.2, 0) is 11.3 Å². The maximum Gasteiger partial charge on any atom is 0.221 e.